The zero-order valence-electron chi connectivity index (χ0n) is 13.9. The smallest absolute Gasteiger partial charge is 0.319 e. The standard InChI is InChI=1S/C18H15F3N4O2/c19-11-3-1-2-10-12(6-7-27-15(10)11)25-18(26)22-9-4-5-13-14(8-9)24-17(23-13)16(20)21/h1-5,8,12,16H,6-7H2,(H,23,24)(H2,22,25,26)/t12-/m0/s1. The highest BCUT2D eigenvalue weighted by Gasteiger charge is 2.25. The van der Waals surface area contributed by atoms with Crippen molar-refractivity contribution in [2.24, 2.45) is 0 Å². The number of para-hydroxylation sites is 1. The number of urea groups is 1. The third-order valence-corrected chi connectivity index (χ3v) is 4.30. The van der Waals surface area contributed by atoms with E-state index < -0.39 is 30.1 Å². The van der Waals surface area contributed by atoms with E-state index in [9.17, 15) is 18.0 Å². The minimum atomic E-state index is -2.70. The quantitative estimate of drug-likeness (QED) is 0.638. The number of imidazole rings is 1. The molecular weight excluding hydrogens is 361 g/mol. The van der Waals surface area contributed by atoms with Crippen LogP contribution in [0.4, 0.5) is 23.7 Å². The fourth-order valence-corrected chi connectivity index (χ4v) is 3.07. The maximum Gasteiger partial charge on any atom is 0.319 e. The molecule has 1 aliphatic heterocycles. The van der Waals surface area contributed by atoms with Gasteiger partial charge in [-0.1, -0.05) is 12.1 Å². The number of amides is 2. The first-order valence-electron chi connectivity index (χ1n) is 8.28. The van der Waals surface area contributed by atoms with Crippen molar-refractivity contribution in [1.29, 1.82) is 0 Å². The second kappa shape index (κ2) is 6.82. The number of halogens is 3. The van der Waals surface area contributed by atoms with Gasteiger partial charge in [0.25, 0.3) is 6.43 Å². The van der Waals surface area contributed by atoms with Crippen molar-refractivity contribution >= 4 is 22.8 Å². The van der Waals surface area contributed by atoms with Crippen LogP contribution in [0.15, 0.2) is 36.4 Å². The molecule has 4 rings (SSSR count). The molecule has 2 heterocycles. The molecule has 0 unspecified atom stereocenters. The Kier molecular flexibility index (Phi) is 4.35. The van der Waals surface area contributed by atoms with Gasteiger partial charge in [-0.3, -0.25) is 0 Å². The summed E-state index contributed by atoms with van der Waals surface area (Å²) in [6.07, 6.45) is -2.20. The molecule has 27 heavy (non-hydrogen) atoms. The Morgan fingerprint density at radius 1 is 1.30 bits per heavy atom. The van der Waals surface area contributed by atoms with E-state index in [0.717, 1.165) is 0 Å². The first-order chi connectivity index (χ1) is 13.0. The average Bonchev–Trinajstić information content (AvgIpc) is 3.06. The second-order valence-corrected chi connectivity index (χ2v) is 6.10. The number of anilines is 1. The summed E-state index contributed by atoms with van der Waals surface area (Å²) in [6.45, 7) is 0.287. The maximum absolute atomic E-state index is 13.8. The number of alkyl halides is 2. The minimum Gasteiger partial charge on any atom is -0.490 e. The number of fused-ring (bicyclic) bond motifs is 2. The van der Waals surface area contributed by atoms with E-state index in [2.05, 4.69) is 20.6 Å². The highest BCUT2D eigenvalue weighted by molar-refractivity contribution is 5.92. The molecule has 6 nitrogen and oxygen atoms in total. The summed E-state index contributed by atoms with van der Waals surface area (Å²) in [6, 6.07) is 8.28. The Morgan fingerprint density at radius 3 is 2.96 bits per heavy atom. The van der Waals surface area contributed by atoms with Crippen molar-refractivity contribution in [2.75, 3.05) is 11.9 Å². The molecule has 3 N–H and O–H groups in total. The van der Waals surface area contributed by atoms with Crippen LogP contribution in [0, 0.1) is 5.82 Å². The Bertz CT molecular complexity index is 1010. The monoisotopic (exact) mass is 376 g/mol. The predicted molar refractivity (Wildman–Crippen MR) is 92.5 cm³/mol. The van der Waals surface area contributed by atoms with Gasteiger partial charge in [0.05, 0.1) is 23.7 Å². The largest absolute Gasteiger partial charge is 0.490 e. The summed E-state index contributed by atoms with van der Waals surface area (Å²) in [7, 11) is 0. The number of H-pyrrole nitrogens is 1. The van der Waals surface area contributed by atoms with Crippen LogP contribution < -0.4 is 15.4 Å². The molecule has 1 aliphatic rings. The van der Waals surface area contributed by atoms with Gasteiger partial charge in [0.15, 0.2) is 17.4 Å². The first-order valence-corrected chi connectivity index (χ1v) is 8.28. The van der Waals surface area contributed by atoms with Gasteiger partial charge in [-0.2, -0.15) is 0 Å². The molecule has 2 amide bonds. The molecule has 9 heteroatoms. The van der Waals surface area contributed by atoms with Crippen molar-refractivity contribution in [1.82, 2.24) is 15.3 Å². The maximum atomic E-state index is 13.8. The number of ether oxygens (including phenoxy) is 1. The van der Waals surface area contributed by atoms with E-state index in [0.29, 0.717) is 28.7 Å². The van der Waals surface area contributed by atoms with E-state index in [1.807, 2.05) is 0 Å². The predicted octanol–water partition coefficient (Wildman–Crippen LogP) is 4.28. The van der Waals surface area contributed by atoms with Crippen LogP contribution in [0.5, 0.6) is 5.75 Å². The molecule has 140 valence electrons. The highest BCUT2D eigenvalue weighted by atomic mass is 19.3. The lowest BCUT2D eigenvalue weighted by atomic mass is 10.0. The van der Waals surface area contributed by atoms with Gasteiger partial charge >= 0.3 is 6.03 Å². The Morgan fingerprint density at radius 2 is 2.15 bits per heavy atom. The summed E-state index contributed by atoms with van der Waals surface area (Å²) in [4.78, 5) is 18.6. The van der Waals surface area contributed by atoms with Crippen LogP contribution in [0.2, 0.25) is 0 Å². The summed E-state index contributed by atoms with van der Waals surface area (Å²) in [5, 5.41) is 5.43. The number of rotatable bonds is 3. The van der Waals surface area contributed by atoms with Gasteiger partial charge < -0.3 is 20.4 Å². The topological polar surface area (TPSA) is 79.0 Å². The number of aromatic nitrogens is 2. The summed E-state index contributed by atoms with van der Waals surface area (Å²) >= 11 is 0. The van der Waals surface area contributed by atoms with Crippen molar-refractivity contribution in [3.63, 3.8) is 0 Å². The number of hydrogen-bond acceptors (Lipinski definition) is 3. The van der Waals surface area contributed by atoms with E-state index in [1.54, 1.807) is 18.2 Å². The van der Waals surface area contributed by atoms with Crippen molar-refractivity contribution in [3.05, 3.63) is 53.6 Å². The zero-order valence-corrected chi connectivity index (χ0v) is 13.9. The van der Waals surface area contributed by atoms with Crippen molar-refractivity contribution < 1.29 is 22.7 Å². The lowest BCUT2D eigenvalue weighted by Crippen LogP contribution is -2.35. The first kappa shape index (κ1) is 17.2. The Labute approximate surface area is 151 Å². The van der Waals surface area contributed by atoms with E-state index in [-0.39, 0.29) is 12.4 Å². The molecule has 0 fully saturated rings. The summed E-state index contributed by atoms with van der Waals surface area (Å²) in [5.74, 6) is -0.751. The Hall–Kier alpha value is -3.23. The lowest BCUT2D eigenvalue weighted by Gasteiger charge is -2.27. The molecule has 0 radical (unpaired) electrons. The van der Waals surface area contributed by atoms with Gasteiger partial charge in [-0.25, -0.2) is 22.9 Å². The summed E-state index contributed by atoms with van der Waals surface area (Å²) < 4.78 is 44.6. The molecule has 0 spiro atoms. The van der Waals surface area contributed by atoms with Gasteiger partial charge in [-0.05, 0) is 24.3 Å². The zero-order chi connectivity index (χ0) is 19.0. The normalized spacial score (nSPS) is 16.1. The van der Waals surface area contributed by atoms with Crippen LogP contribution in [-0.4, -0.2) is 22.6 Å². The SMILES string of the molecule is O=C(Nc1ccc2nc(C(F)F)[nH]c2c1)N[C@H]1CCOc2c(F)cccc21. The molecule has 1 atom stereocenters. The number of nitrogens with zero attached hydrogens (tertiary/aromatic N) is 1. The van der Waals surface area contributed by atoms with Crippen LogP contribution in [0.3, 0.4) is 0 Å². The van der Waals surface area contributed by atoms with Gasteiger partial charge in [0, 0.05) is 17.7 Å². The number of nitrogens with one attached hydrogen (secondary N) is 3. The number of aromatic amines is 1. The molecule has 0 saturated carbocycles. The fraction of sp³-hybridized carbons (Fsp3) is 0.222. The third-order valence-electron chi connectivity index (χ3n) is 4.30. The van der Waals surface area contributed by atoms with Gasteiger partial charge in [-0.15, -0.1) is 0 Å². The number of hydrogen-bond donors (Lipinski definition) is 3. The molecule has 1 aromatic heterocycles. The van der Waals surface area contributed by atoms with E-state index >= 15 is 0 Å². The van der Waals surface area contributed by atoms with Crippen LogP contribution >= 0.6 is 0 Å². The lowest BCUT2D eigenvalue weighted by molar-refractivity contribution is 0.142. The highest BCUT2D eigenvalue weighted by Crippen LogP contribution is 2.34. The molecule has 0 bridgehead atoms. The minimum absolute atomic E-state index is 0.146. The van der Waals surface area contributed by atoms with E-state index in [4.69, 9.17) is 4.74 Å². The van der Waals surface area contributed by atoms with Gasteiger partial charge in [0.2, 0.25) is 0 Å². The van der Waals surface area contributed by atoms with Crippen molar-refractivity contribution in [2.45, 2.75) is 18.9 Å². The average molecular weight is 376 g/mol. The van der Waals surface area contributed by atoms with Crippen LogP contribution in [0.1, 0.15) is 30.3 Å². The second-order valence-electron chi connectivity index (χ2n) is 6.10. The number of carbonyl (C=O) groups excluding carboxylic acids is 1. The molecule has 3 aromatic rings. The fourth-order valence-electron chi connectivity index (χ4n) is 3.07. The number of carbonyl (C=O) groups is 1. The Balaban J connectivity index is 1.49. The van der Waals surface area contributed by atoms with Crippen LogP contribution in [0.25, 0.3) is 11.0 Å². The van der Waals surface area contributed by atoms with E-state index in [1.165, 1.54) is 18.2 Å². The number of benzene rings is 2. The third kappa shape index (κ3) is 3.40. The van der Waals surface area contributed by atoms with Crippen LogP contribution in [-0.2, 0) is 0 Å². The molecular formula is C18H15F3N4O2. The van der Waals surface area contributed by atoms with Crippen molar-refractivity contribution in [3.8, 4) is 5.75 Å². The molecule has 0 aliphatic carbocycles. The summed E-state index contributed by atoms with van der Waals surface area (Å²) in [5.41, 5.74) is 1.75. The molecule has 2 aromatic carbocycles. The molecule has 0 saturated heterocycles. The van der Waals surface area contributed by atoms with Gasteiger partial charge in [0.1, 0.15) is 0 Å².